The molecule has 0 radical (unpaired) electrons. The van der Waals surface area contributed by atoms with Crippen LogP contribution in [0, 0.1) is 5.92 Å². The first-order valence-corrected chi connectivity index (χ1v) is 10.6. The van der Waals surface area contributed by atoms with Gasteiger partial charge in [0, 0.05) is 31.7 Å². The van der Waals surface area contributed by atoms with Crippen molar-refractivity contribution in [3.63, 3.8) is 0 Å². The summed E-state index contributed by atoms with van der Waals surface area (Å²) in [7, 11) is 1.73. The van der Waals surface area contributed by atoms with Gasteiger partial charge in [0.2, 0.25) is 5.91 Å². The fourth-order valence-electron chi connectivity index (χ4n) is 3.86. The number of rotatable bonds is 5. The van der Waals surface area contributed by atoms with Crippen LogP contribution in [0.2, 0.25) is 5.02 Å². The lowest BCUT2D eigenvalue weighted by Gasteiger charge is -2.29. The Hall–Kier alpha value is -2.53. The van der Waals surface area contributed by atoms with Crippen LogP contribution in [0.15, 0.2) is 42.5 Å². The highest BCUT2D eigenvalue weighted by molar-refractivity contribution is 6.33. The maximum absolute atomic E-state index is 12.9. The fraction of sp³-hybridized carbons (Fsp3) is 0.391. The van der Waals surface area contributed by atoms with Crippen molar-refractivity contribution in [3.8, 4) is 0 Å². The number of nitrogens with zero attached hydrogens (tertiary/aromatic N) is 2. The van der Waals surface area contributed by atoms with E-state index in [0.29, 0.717) is 22.0 Å². The minimum absolute atomic E-state index is 0.0687. The van der Waals surface area contributed by atoms with Crippen molar-refractivity contribution in [2.24, 2.45) is 5.92 Å². The molecule has 29 heavy (non-hydrogen) atoms. The maximum atomic E-state index is 12.9. The zero-order chi connectivity index (χ0) is 20.4. The quantitative estimate of drug-likeness (QED) is 0.756. The Balaban J connectivity index is 1.51. The van der Waals surface area contributed by atoms with Crippen LogP contribution in [-0.4, -0.2) is 32.0 Å². The first-order chi connectivity index (χ1) is 14.0. The van der Waals surface area contributed by atoms with E-state index in [1.54, 1.807) is 30.1 Å². The minimum Gasteiger partial charge on any atom is -0.370 e. The largest absolute Gasteiger partial charge is 0.370 e. The summed E-state index contributed by atoms with van der Waals surface area (Å²) in [6.45, 7) is 2.03. The van der Waals surface area contributed by atoms with Crippen molar-refractivity contribution < 1.29 is 9.59 Å². The van der Waals surface area contributed by atoms with E-state index in [0.717, 1.165) is 31.6 Å². The van der Waals surface area contributed by atoms with E-state index in [-0.39, 0.29) is 17.7 Å². The van der Waals surface area contributed by atoms with Crippen LogP contribution < -0.4 is 15.1 Å². The second-order valence-corrected chi connectivity index (χ2v) is 8.26. The normalized spacial score (nSPS) is 16.4. The van der Waals surface area contributed by atoms with E-state index in [1.165, 1.54) is 19.3 Å². The molecule has 2 amide bonds. The van der Waals surface area contributed by atoms with Gasteiger partial charge >= 0.3 is 0 Å². The predicted molar refractivity (Wildman–Crippen MR) is 118 cm³/mol. The van der Waals surface area contributed by atoms with E-state index >= 15 is 0 Å². The molecule has 1 saturated carbocycles. The van der Waals surface area contributed by atoms with E-state index in [2.05, 4.69) is 10.2 Å². The van der Waals surface area contributed by atoms with Crippen molar-refractivity contribution in [1.29, 1.82) is 0 Å². The number of carbonyl (C=O) groups excluding carboxylic acids is 2. The highest BCUT2D eigenvalue weighted by atomic mass is 35.5. The van der Waals surface area contributed by atoms with Crippen LogP contribution >= 0.6 is 11.6 Å². The molecular formula is C23H26ClN3O2. The summed E-state index contributed by atoms with van der Waals surface area (Å²) in [6.07, 6.45) is 5.48. The summed E-state index contributed by atoms with van der Waals surface area (Å²) in [5.74, 6) is -0.0886. The van der Waals surface area contributed by atoms with Crippen molar-refractivity contribution >= 4 is 40.5 Å². The summed E-state index contributed by atoms with van der Waals surface area (Å²) >= 11 is 6.51. The molecule has 1 aliphatic carbocycles. The molecular weight excluding hydrogens is 386 g/mol. The van der Waals surface area contributed by atoms with Gasteiger partial charge in [-0.05, 0) is 62.4 Å². The second-order valence-electron chi connectivity index (χ2n) is 7.86. The zero-order valence-electron chi connectivity index (χ0n) is 16.7. The van der Waals surface area contributed by atoms with Crippen LogP contribution in [-0.2, 0) is 4.79 Å². The molecule has 1 aliphatic heterocycles. The van der Waals surface area contributed by atoms with Gasteiger partial charge in [-0.1, -0.05) is 23.7 Å². The predicted octanol–water partition coefficient (Wildman–Crippen LogP) is 4.96. The van der Waals surface area contributed by atoms with Gasteiger partial charge in [0.25, 0.3) is 5.91 Å². The number of hydrogen-bond acceptors (Lipinski definition) is 3. The van der Waals surface area contributed by atoms with Gasteiger partial charge in [0.1, 0.15) is 0 Å². The van der Waals surface area contributed by atoms with E-state index < -0.39 is 0 Å². The lowest BCUT2D eigenvalue weighted by molar-refractivity contribution is -0.119. The Labute approximate surface area is 176 Å². The third kappa shape index (κ3) is 4.40. The zero-order valence-corrected chi connectivity index (χ0v) is 17.4. The van der Waals surface area contributed by atoms with Gasteiger partial charge in [-0.3, -0.25) is 9.59 Å². The topological polar surface area (TPSA) is 52.7 Å². The molecule has 2 aromatic rings. The minimum atomic E-state index is -0.252. The van der Waals surface area contributed by atoms with Crippen molar-refractivity contribution in [2.45, 2.75) is 32.1 Å². The number of halogens is 1. The number of benzene rings is 2. The molecule has 2 aromatic carbocycles. The molecule has 2 fully saturated rings. The highest BCUT2D eigenvalue weighted by Crippen LogP contribution is 2.34. The molecule has 152 valence electrons. The van der Waals surface area contributed by atoms with Crippen LogP contribution in [0.3, 0.4) is 0 Å². The van der Waals surface area contributed by atoms with E-state index in [9.17, 15) is 9.59 Å². The summed E-state index contributed by atoms with van der Waals surface area (Å²) in [5, 5.41) is 3.57. The SMILES string of the molecule is CN(C(=O)C1CC1)c1ccccc1C(=O)Nc1ccc(N2CCCCC2)c(Cl)c1. The number of hydrogen-bond donors (Lipinski definition) is 1. The number of amides is 2. The maximum Gasteiger partial charge on any atom is 0.257 e. The summed E-state index contributed by atoms with van der Waals surface area (Å²) in [4.78, 5) is 29.3. The molecule has 0 bridgehead atoms. The number of piperidine rings is 1. The van der Waals surface area contributed by atoms with E-state index in [1.807, 2.05) is 24.3 Å². The second kappa shape index (κ2) is 8.46. The first kappa shape index (κ1) is 19.8. The number of carbonyl (C=O) groups is 2. The molecule has 0 spiro atoms. The number of anilines is 3. The van der Waals surface area contributed by atoms with Gasteiger partial charge in [-0.25, -0.2) is 0 Å². The average Bonchev–Trinajstić information content (AvgIpc) is 3.59. The Morgan fingerprint density at radius 2 is 1.79 bits per heavy atom. The molecule has 1 N–H and O–H groups in total. The monoisotopic (exact) mass is 411 g/mol. The van der Waals surface area contributed by atoms with E-state index in [4.69, 9.17) is 11.6 Å². The van der Waals surface area contributed by atoms with Crippen molar-refractivity contribution in [2.75, 3.05) is 35.3 Å². The van der Waals surface area contributed by atoms with Crippen molar-refractivity contribution in [1.82, 2.24) is 0 Å². The summed E-state index contributed by atoms with van der Waals surface area (Å²) in [5.41, 5.74) is 2.75. The molecule has 0 atom stereocenters. The molecule has 0 unspecified atom stereocenters. The lowest BCUT2D eigenvalue weighted by atomic mass is 10.1. The van der Waals surface area contributed by atoms with Gasteiger partial charge < -0.3 is 15.1 Å². The van der Waals surface area contributed by atoms with Gasteiger partial charge in [0.15, 0.2) is 0 Å². The standard InChI is InChI=1S/C23H26ClN3O2/c1-26(23(29)16-9-10-16)20-8-4-3-7-18(20)22(28)25-17-11-12-21(19(24)15-17)27-13-5-2-6-14-27/h3-4,7-8,11-12,15-16H,2,5-6,9-10,13-14H2,1H3,(H,25,28). The summed E-state index contributed by atoms with van der Waals surface area (Å²) < 4.78 is 0. The smallest absolute Gasteiger partial charge is 0.257 e. The lowest BCUT2D eigenvalue weighted by Crippen LogP contribution is -2.30. The Kier molecular flexibility index (Phi) is 5.76. The molecule has 2 aliphatic rings. The highest BCUT2D eigenvalue weighted by Gasteiger charge is 2.33. The molecule has 5 nitrogen and oxygen atoms in total. The average molecular weight is 412 g/mol. The number of para-hydroxylation sites is 1. The first-order valence-electron chi connectivity index (χ1n) is 10.3. The Bertz CT molecular complexity index is 920. The van der Waals surface area contributed by atoms with Crippen LogP contribution in [0.1, 0.15) is 42.5 Å². The third-order valence-corrected chi connectivity index (χ3v) is 5.97. The van der Waals surface area contributed by atoms with Crippen LogP contribution in [0.4, 0.5) is 17.1 Å². The van der Waals surface area contributed by atoms with Gasteiger partial charge in [-0.15, -0.1) is 0 Å². The molecule has 6 heteroatoms. The summed E-state index contributed by atoms with van der Waals surface area (Å²) in [6, 6.07) is 12.8. The third-order valence-electron chi connectivity index (χ3n) is 5.67. The molecule has 4 rings (SSSR count). The van der Waals surface area contributed by atoms with Gasteiger partial charge in [0.05, 0.1) is 22.0 Å². The molecule has 1 heterocycles. The fourth-order valence-corrected chi connectivity index (χ4v) is 4.16. The Morgan fingerprint density at radius 1 is 1.07 bits per heavy atom. The van der Waals surface area contributed by atoms with Crippen molar-refractivity contribution in [3.05, 3.63) is 53.1 Å². The van der Waals surface area contributed by atoms with Crippen LogP contribution in [0.25, 0.3) is 0 Å². The van der Waals surface area contributed by atoms with Gasteiger partial charge in [-0.2, -0.15) is 0 Å². The van der Waals surface area contributed by atoms with Crippen LogP contribution in [0.5, 0.6) is 0 Å². The molecule has 0 aromatic heterocycles. The Morgan fingerprint density at radius 3 is 2.48 bits per heavy atom. The molecule has 1 saturated heterocycles. The number of nitrogens with one attached hydrogen (secondary N) is 1.